The Morgan fingerprint density at radius 3 is 2.43 bits per heavy atom. The molecule has 0 aliphatic carbocycles. The Morgan fingerprint density at radius 1 is 1.05 bits per heavy atom. The van der Waals surface area contributed by atoms with E-state index in [4.69, 9.17) is 14.2 Å². The van der Waals surface area contributed by atoms with Gasteiger partial charge in [0.1, 0.15) is 17.9 Å². The Bertz CT molecular complexity index is 1310. The summed E-state index contributed by atoms with van der Waals surface area (Å²) in [5, 5.41) is 17.0. The molecule has 42 heavy (non-hydrogen) atoms. The predicted molar refractivity (Wildman–Crippen MR) is 151 cm³/mol. The minimum atomic E-state index is -1.26. The number of nitrogens with zero attached hydrogens (tertiary/aromatic N) is 1. The SMILES string of the molecule is COc1ccc(C[C@@H]2NC(=O)/C=C/C[C@@H](c3ccccc3[N+](=O)[O-])OC(=O)[C@H](CC(C)C)OC(=O)CCNC2=O)cc1. The number of carbonyl (C=O) groups is 4. The van der Waals surface area contributed by atoms with Gasteiger partial charge in [-0.3, -0.25) is 24.5 Å². The smallest absolute Gasteiger partial charge is 0.348 e. The first-order chi connectivity index (χ1) is 20.1. The maximum Gasteiger partial charge on any atom is 0.348 e. The van der Waals surface area contributed by atoms with E-state index in [0.29, 0.717) is 5.75 Å². The van der Waals surface area contributed by atoms with Gasteiger partial charge in [-0.05, 0) is 42.2 Å². The third-order valence-electron chi connectivity index (χ3n) is 6.44. The Kier molecular flexibility index (Phi) is 11.6. The zero-order chi connectivity index (χ0) is 30.6. The van der Waals surface area contributed by atoms with Crippen LogP contribution in [0.25, 0.3) is 0 Å². The highest BCUT2D eigenvalue weighted by atomic mass is 16.6. The highest BCUT2D eigenvalue weighted by Gasteiger charge is 2.31. The van der Waals surface area contributed by atoms with E-state index in [0.717, 1.165) is 5.56 Å². The number of ether oxygens (including phenoxy) is 3. The van der Waals surface area contributed by atoms with Crippen LogP contribution in [0.5, 0.6) is 5.75 Å². The average molecular weight is 582 g/mol. The van der Waals surface area contributed by atoms with Crippen molar-refractivity contribution >= 4 is 29.4 Å². The molecule has 0 saturated carbocycles. The molecule has 12 nitrogen and oxygen atoms in total. The summed E-state index contributed by atoms with van der Waals surface area (Å²) in [5.41, 5.74) is 0.610. The monoisotopic (exact) mass is 581 g/mol. The van der Waals surface area contributed by atoms with Gasteiger partial charge in [-0.15, -0.1) is 0 Å². The van der Waals surface area contributed by atoms with Gasteiger partial charge >= 0.3 is 11.9 Å². The largest absolute Gasteiger partial charge is 0.497 e. The van der Waals surface area contributed by atoms with E-state index in [1.165, 1.54) is 37.5 Å². The van der Waals surface area contributed by atoms with Crippen LogP contribution in [0.1, 0.15) is 50.3 Å². The first kappa shape index (κ1) is 31.8. The fourth-order valence-corrected chi connectivity index (χ4v) is 4.35. The first-order valence-electron chi connectivity index (χ1n) is 13.6. The van der Waals surface area contributed by atoms with Crippen LogP contribution in [-0.2, 0) is 35.1 Å². The summed E-state index contributed by atoms with van der Waals surface area (Å²) < 4.78 is 16.3. The number of rotatable bonds is 7. The molecule has 2 aromatic carbocycles. The molecule has 1 aliphatic rings. The third-order valence-corrected chi connectivity index (χ3v) is 6.44. The van der Waals surface area contributed by atoms with Gasteiger partial charge in [0.15, 0.2) is 6.10 Å². The highest BCUT2D eigenvalue weighted by Crippen LogP contribution is 2.31. The summed E-state index contributed by atoms with van der Waals surface area (Å²) in [5.74, 6) is -2.12. The molecule has 224 valence electrons. The second-order valence-electron chi connectivity index (χ2n) is 10.1. The number of hydrogen-bond acceptors (Lipinski definition) is 9. The summed E-state index contributed by atoms with van der Waals surface area (Å²) >= 11 is 0. The molecule has 0 saturated heterocycles. The average Bonchev–Trinajstić information content (AvgIpc) is 2.95. The molecule has 2 aromatic rings. The Hall–Kier alpha value is -4.74. The molecule has 3 rings (SSSR count). The number of carbonyl (C=O) groups excluding carboxylic acids is 4. The second kappa shape index (κ2) is 15.3. The van der Waals surface area contributed by atoms with E-state index in [9.17, 15) is 29.3 Å². The summed E-state index contributed by atoms with van der Waals surface area (Å²) in [4.78, 5) is 62.8. The molecule has 0 bridgehead atoms. The van der Waals surface area contributed by atoms with Gasteiger partial charge in [0, 0.05) is 25.5 Å². The van der Waals surface area contributed by atoms with Crippen LogP contribution in [-0.4, -0.2) is 54.5 Å². The lowest BCUT2D eigenvalue weighted by Gasteiger charge is -2.23. The Labute approximate surface area is 243 Å². The highest BCUT2D eigenvalue weighted by molar-refractivity contribution is 5.93. The van der Waals surface area contributed by atoms with Crippen LogP contribution >= 0.6 is 0 Å². The Morgan fingerprint density at radius 2 is 1.76 bits per heavy atom. The molecule has 0 aromatic heterocycles. The molecule has 2 amide bonds. The van der Waals surface area contributed by atoms with E-state index >= 15 is 0 Å². The maximum absolute atomic E-state index is 13.2. The van der Waals surface area contributed by atoms with E-state index in [-0.39, 0.29) is 49.4 Å². The molecule has 1 heterocycles. The molecule has 0 spiro atoms. The lowest BCUT2D eigenvalue weighted by atomic mass is 10.0. The van der Waals surface area contributed by atoms with Crippen LogP contribution in [0.15, 0.2) is 60.7 Å². The van der Waals surface area contributed by atoms with Crippen LogP contribution < -0.4 is 15.4 Å². The maximum atomic E-state index is 13.2. The number of nitro groups is 1. The van der Waals surface area contributed by atoms with E-state index in [2.05, 4.69) is 10.6 Å². The number of nitro benzene ring substituents is 1. The van der Waals surface area contributed by atoms with Gasteiger partial charge in [0.2, 0.25) is 11.8 Å². The predicted octanol–water partition coefficient (Wildman–Crippen LogP) is 3.34. The van der Waals surface area contributed by atoms with Gasteiger partial charge in [-0.1, -0.05) is 44.2 Å². The van der Waals surface area contributed by atoms with Crippen molar-refractivity contribution in [2.45, 2.75) is 57.8 Å². The first-order valence-corrected chi connectivity index (χ1v) is 13.6. The van der Waals surface area contributed by atoms with Crippen molar-refractivity contribution in [2.75, 3.05) is 13.7 Å². The van der Waals surface area contributed by atoms with Crippen molar-refractivity contribution in [1.29, 1.82) is 0 Å². The zero-order valence-corrected chi connectivity index (χ0v) is 23.7. The van der Waals surface area contributed by atoms with Crippen LogP contribution in [0.4, 0.5) is 5.69 Å². The lowest BCUT2D eigenvalue weighted by Crippen LogP contribution is -2.48. The van der Waals surface area contributed by atoms with Gasteiger partial charge in [0.25, 0.3) is 5.69 Å². The van der Waals surface area contributed by atoms with E-state index in [1.807, 2.05) is 13.8 Å². The summed E-state index contributed by atoms with van der Waals surface area (Å²) in [6.07, 6.45) is 0.161. The lowest BCUT2D eigenvalue weighted by molar-refractivity contribution is -0.386. The summed E-state index contributed by atoms with van der Waals surface area (Å²) in [6, 6.07) is 11.8. The Balaban J connectivity index is 1.92. The van der Waals surface area contributed by atoms with Crippen LogP contribution in [0.2, 0.25) is 0 Å². The number of methoxy groups -OCH3 is 1. The van der Waals surface area contributed by atoms with Crippen molar-refractivity contribution in [3.8, 4) is 5.75 Å². The van der Waals surface area contributed by atoms with Crippen LogP contribution in [0.3, 0.4) is 0 Å². The fraction of sp³-hybridized carbons (Fsp3) is 0.400. The molecule has 0 unspecified atom stereocenters. The molecule has 3 atom stereocenters. The molecule has 12 heteroatoms. The van der Waals surface area contributed by atoms with Crippen molar-refractivity contribution in [3.63, 3.8) is 0 Å². The normalized spacial score (nSPS) is 21.5. The number of nitrogens with one attached hydrogen (secondary N) is 2. The van der Waals surface area contributed by atoms with Crippen molar-refractivity contribution in [3.05, 3.63) is 81.9 Å². The third kappa shape index (κ3) is 9.43. The van der Waals surface area contributed by atoms with E-state index in [1.54, 1.807) is 30.3 Å². The summed E-state index contributed by atoms with van der Waals surface area (Å²) in [7, 11) is 1.54. The van der Waals surface area contributed by atoms with Gasteiger partial charge < -0.3 is 24.8 Å². The molecular formula is C30H35N3O9. The number of benzene rings is 2. The molecule has 1 aliphatic heterocycles. The van der Waals surface area contributed by atoms with Gasteiger partial charge in [0.05, 0.1) is 24.0 Å². The standard InChI is InChI=1S/C30H35N3O9/c1-19(2)17-26-30(37)42-25(22-7-4-5-8-24(22)33(38)39)9-6-10-27(34)32-23(29(36)31-16-15-28(35)41-26)18-20-11-13-21(40-3)14-12-20/h4-8,10-14,19,23,25-26H,9,15-18H2,1-3H3,(H,31,36)(H,32,34)/b10-6+/t23-,25-,26-/m0/s1. The topological polar surface area (TPSA) is 163 Å². The van der Waals surface area contributed by atoms with Crippen molar-refractivity contribution in [2.24, 2.45) is 5.92 Å². The number of hydrogen-bond donors (Lipinski definition) is 2. The molecule has 2 N–H and O–H groups in total. The molecular weight excluding hydrogens is 546 g/mol. The van der Waals surface area contributed by atoms with Crippen molar-refractivity contribution < 1.29 is 38.3 Å². The number of cyclic esters (lactones) is 2. The number of amides is 2. The summed E-state index contributed by atoms with van der Waals surface area (Å²) in [6.45, 7) is 3.58. The van der Waals surface area contributed by atoms with Gasteiger partial charge in [-0.25, -0.2) is 4.79 Å². The minimum Gasteiger partial charge on any atom is -0.497 e. The zero-order valence-electron chi connectivity index (χ0n) is 23.7. The van der Waals surface area contributed by atoms with E-state index < -0.39 is 46.9 Å². The fourth-order valence-electron chi connectivity index (χ4n) is 4.35. The number of para-hydroxylation sites is 1. The van der Waals surface area contributed by atoms with Crippen molar-refractivity contribution in [1.82, 2.24) is 10.6 Å². The van der Waals surface area contributed by atoms with Gasteiger partial charge in [-0.2, -0.15) is 0 Å². The second-order valence-corrected chi connectivity index (χ2v) is 10.1. The quantitative estimate of drug-likeness (QED) is 0.284. The molecule has 0 radical (unpaired) electrons. The number of esters is 2. The van der Waals surface area contributed by atoms with Crippen LogP contribution in [0, 0.1) is 16.0 Å². The minimum absolute atomic E-state index is 0.0486. The molecule has 0 fully saturated rings.